The zero-order valence-corrected chi connectivity index (χ0v) is 13.2. The van der Waals surface area contributed by atoms with Crippen LogP contribution in [0.25, 0.3) is 0 Å². The Hall–Kier alpha value is -0.900. The van der Waals surface area contributed by atoms with Gasteiger partial charge < -0.3 is 9.80 Å². The quantitative estimate of drug-likeness (QED) is 0.755. The predicted molar refractivity (Wildman–Crippen MR) is 86.0 cm³/mol. The Labute approximate surface area is 131 Å². The predicted octanol–water partition coefficient (Wildman–Crippen LogP) is 2.94. The first kappa shape index (κ1) is 15.0. The van der Waals surface area contributed by atoms with Crippen LogP contribution in [0.3, 0.4) is 0 Å². The second-order valence-corrected chi connectivity index (χ2v) is 6.70. The molecule has 2 aliphatic rings. The number of nitrogens with zero attached hydrogens (tertiary/aromatic N) is 2. The lowest BCUT2D eigenvalue weighted by atomic mass is 10.1. The molecular weight excluding hydrogens is 284 g/mol. The number of hydrogen-bond donors (Lipinski definition) is 0. The minimum atomic E-state index is 0.215. The summed E-state index contributed by atoms with van der Waals surface area (Å²) in [6.45, 7) is 6.68. The third-order valence-corrected chi connectivity index (χ3v) is 4.75. The summed E-state index contributed by atoms with van der Waals surface area (Å²) in [7, 11) is 0. The summed E-state index contributed by atoms with van der Waals surface area (Å²) in [4.78, 5) is 17.1. The Balaban J connectivity index is 1.39. The Morgan fingerprint density at radius 2 is 1.67 bits per heavy atom. The largest absolute Gasteiger partial charge is 0.301 e. The van der Waals surface area contributed by atoms with E-state index >= 15 is 0 Å². The van der Waals surface area contributed by atoms with Gasteiger partial charge in [-0.1, -0.05) is 11.6 Å². The van der Waals surface area contributed by atoms with Crippen LogP contribution in [0, 0.1) is 5.92 Å². The van der Waals surface area contributed by atoms with E-state index in [0.717, 1.165) is 44.2 Å². The molecule has 0 amide bonds. The van der Waals surface area contributed by atoms with Crippen LogP contribution >= 0.6 is 11.6 Å². The smallest absolute Gasteiger partial charge is 0.164 e. The number of Topliss-reactive ketones (excluding diaryl/α,β-unsaturated/α-hetero) is 1. The Morgan fingerprint density at radius 1 is 1.05 bits per heavy atom. The topological polar surface area (TPSA) is 23.6 Å². The molecule has 0 N–H and O–H groups in total. The van der Waals surface area contributed by atoms with Gasteiger partial charge in [-0.15, -0.1) is 0 Å². The molecule has 1 saturated heterocycles. The maximum atomic E-state index is 12.1. The molecule has 0 atom stereocenters. The summed E-state index contributed by atoms with van der Waals surface area (Å²) < 4.78 is 0. The fourth-order valence-electron chi connectivity index (χ4n) is 2.90. The molecule has 0 unspecified atom stereocenters. The number of piperazine rings is 1. The van der Waals surface area contributed by atoms with E-state index in [1.165, 1.54) is 19.4 Å². The third kappa shape index (κ3) is 4.53. The van der Waals surface area contributed by atoms with Crippen LogP contribution in [-0.2, 0) is 0 Å². The maximum Gasteiger partial charge on any atom is 0.164 e. The highest BCUT2D eigenvalue weighted by Crippen LogP contribution is 2.29. The number of hydrogen-bond acceptors (Lipinski definition) is 3. The molecular formula is C17H23ClN2O. The summed E-state index contributed by atoms with van der Waals surface area (Å²) in [6.07, 6.45) is 3.45. The first-order chi connectivity index (χ1) is 10.2. The van der Waals surface area contributed by atoms with Crippen LogP contribution in [0.15, 0.2) is 24.3 Å². The van der Waals surface area contributed by atoms with Gasteiger partial charge in [0.05, 0.1) is 0 Å². The lowest BCUT2D eigenvalue weighted by Gasteiger charge is -2.34. The van der Waals surface area contributed by atoms with Gasteiger partial charge >= 0.3 is 0 Å². The van der Waals surface area contributed by atoms with Gasteiger partial charge in [0.15, 0.2) is 5.78 Å². The zero-order valence-electron chi connectivity index (χ0n) is 12.4. The van der Waals surface area contributed by atoms with Crippen molar-refractivity contribution in [1.29, 1.82) is 0 Å². The van der Waals surface area contributed by atoms with E-state index in [0.29, 0.717) is 11.4 Å². The summed E-state index contributed by atoms with van der Waals surface area (Å²) >= 11 is 5.84. The summed E-state index contributed by atoms with van der Waals surface area (Å²) in [5, 5.41) is 0.679. The monoisotopic (exact) mass is 306 g/mol. The second kappa shape index (κ2) is 6.91. The van der Waals surface area contributed by atoms with Gasteiger partial charge in [-0.25, -0.2) is 0 Å². The number of rotatable bonds is 6. The van der Waals surface area contributed by atoms with Gasteiger partial charge in [0, 0.05) is 56.3 Å². The highest BCUT2D eigenvalue weighted by atomic mass is 35.5. The van der Waals surface area contributed by atoms with Crippen LogP contribution < -0.4 is 0 Å². The van der Waals surface area contributed by atoms with Crippen molar-refractivity contribution >= 4 is 17.4 Å². The van der Waals surface area contributed by atoms with Crippen molar-refractivity contribution in [3.8, 4) is 0 Å². The van der Waals surface area contributed by atoms with E-state index in [1.54, 1.807) is 12.1 Å². The molecule has 1 heterocycles. The average Bonchev–Trinajstić information content (AvgIpc) is 3.31. The molecule has 1 aromatic carbocycles. The SMILES string of the molecule is O=C(CCN1CCN(CC2CC2)CC1)c1ccc(Cl)cc1. The van der Waals surface area contributed by atoms with Crippen molar-refractivity contribution in [3.63, 3.8) is 0 Å². The van der Waals surface area contributed by atoms with Gasteiger partial charge in [0.1, 0.15) is 0 Å². The highest BCUT2D eigenvalue weighted by Gasteiger charge is 2.26. The van der Waals surface area contributed by atoms with Crippen LogP contribution in [-0.4, -0.2) is 54.9 Å². The van der Waals surface area contributed by atoms with Crippen molar-refractivity contribution in [3.05, 3.63) is 34.9 Å². The first-order valence-electron chi connectivity index (χ1n) is 7.94. The minimum Gasteiger partial charge on any atom is -0.301 e. The molecule has 1 aliphatic heterocycles. The van der Waals surface area contributed by atoms with E-state index in [9.17, 15) is 4.79 Å². The molecule has 1 aliphatic carbocycles. The highest BCUT2D eigenvalue weighted by molar-refractivity contribution is 6.30. The van der Waals surface area contributed by atoms with Gasteiger partial charge in [-0.2, -0.15) is 0 Å². The fraction of sp³-hybridized carbons (Fsp3) is 0.588. The molecule has 0 bridgehead atoms. The molecule has 3 nitrogen and oxygen atoms in total. The van der Waals surface area contributed by atoms with Crippen LogP contribution in [0.2, 0.25) is 5.02 Å². The molecule has 21 heavy (non-hydrogen) atoms. The summed E-state index contributed by atoms with van der Waals surface area (Å²) in [5.41, 5.74) is 0.770. The molecule has 0 spiro atoms. The Bertz CT molecular complexity index is 476. The number of ketones is 1. The van der Waals surface area contributed by atoms with E-state index in [1.807, 2.05) is 12.1 Å². The number of carbonyl (C=O) groups excluding carboxylic acids is 1. The van der Waals surface area contributed by atoms with Gasteiger partial charge in [0.2, 0.25) is 0 Å². The van der Waals surface area contributed by atoms with Crippen molar-refractivity contribution in [2.24, 2.45) is 5.92 Å². The van der Waals surface area contributed by atoms with E-state index in [2.05, 4.69) is 9.80 Å². The number of benzene rings is 1. The molecule has 114 valence electrons. The van der Waals surface area contributed by atoms with Crippen LogP contribution in [0.4, 0.5) is 0 Å². The molecule has 2 fully saturated rings. The molecule has 1 aromatic rings. The molecule has 0 aromatic heterocycles. The van der Waals surface area contributed by atoms with Gasteiger partial charge in [0.25, 0.3) is 0 Å². The molecule has 4 heteroatoms. The summed E-state index contributed by atoms with van der Waals surface area (Å²) in [6, 6.07) is 7.20. The average molecular weight is 307 g/mol. The van der Waals surface area contributed by atoms with Crippen molar-refractivity contribution in [2.45, 2.75) is 19.3 Å². The summed E-state index contributed by atoms with van der Waals surface area (Å²) in [5.74, 6) is 1.19. The molecule has 1 saturated carbocycles. The van der Waals surface area contributed by atoms with Gasteiger partial charge in [-0.3, -0.25) is 4.79 Å². The number of halogens is 1. The Morgan fingerprint density at radius 3 is 2.29 bits per heavy atom. The lowest BCUT2D eigenvalue weighted by Crippen LogP contribution is -2.47. The van der Waals surface area contributed by atoms with Crippen molar-refractivity contribution < 1.29 is 4.79 Å². The van der Waals surface area contributed by atoms with E-state index < -0.39 is 0 Å². The lowest BCUT2D eigenvalue weighted by molar-refractivity contribution is 0.0924. The third-order valence-electron chi connectivity index (χ3n) is 4.50. The minimum absolute atomic E-state index is 0.215. The first-order valence-corrected chi connectivity index (χ1v) is 8.32. The van der Waals surface area contributed by atoms with Crippen LogP contribution in [0.5, 0.6) is 0 Å². The standard InChI is InChI=1S/C17H23ClN2O/c18-16-5-3-15(4-6-16)17(21)7-8-19-9-11-20(12-10-19)13-14-1-2-14/h3-6,14H,1-2,7-13H2. The zero-order chi connectivity index (χ0) is 14.7. The van der Waals surface area contributed by atoms with Crippen molar-refractivity contribution in [1.82, 2.24) is 9.80 Å². The molecule has 0 radical (unpaired) electrons. The van der Waals surface area contributed by atoms with Gasteiger partial charge in [-0.05, 0) is 43.0 Å². The normalized spacial score (nSPS) is 20.6. The van der Waals surface area contributed by atoms with E-state index in [4.69, 9.17) is 11.6 Å². The van der Waals surface area contributed by atoms with Crippen LogP contribution in [0.1, 0.15) is 29.6 Å². The second-order valence-electron chi connectivity index (χ2n) is 6.27. The molecule has 3 rings (SSSR count). The number of carbonyl (C=O) groups is 1. The fourth-order valence-corrected chi connectivity index (χ4v) is 3.03. The van der Waals surface area contributed by atoms with E-state index in [-0.39, 0.29) is 5.78 Å². The Kier molecular flexibility index (Phi) is 4.94. The van der Waals surface area contributed by atoms with Crippen molar-refractivity contribution in [2.75, 3.05) is 39.3 Å². The maximum absolute atomic E-state index is 12.1.